The van der Waals surface area contributed by atoms with Crippen LogP contribution in [-0.2, 0) is 0 Å². The van der Waals surface area contributed by atoms with Gasteiger partial charge < -0.3 is 9.63 Å². The minimum Gasteiger partial charge on any atom is -0.475 e. The molecule has 1 saturated carbocycles. The fraction of sp³-hybridized carbons (Fsp3) is 0.214. The zero-order chi connectivity index (χ0) is 13.7. The van der Waals surface area contributed by atoms with Gasteiger partial charge in [-0.05, 0) is 25.0 Å². The Balaban J connectivity index is 1.76. The van der Waals surface area contributed by atoms with Gasteiger partial charge in [0.05, 0.1) is 15.2 Å². The van der Waals surface area contributed by atoms with Crippen LogP contribution in [0.4, 0.5) is 0 Å². The van der Waals surface area contributed by atoms with Crippen molar-refractivity contribution in [3.63, 3.8) is 0 Å². The summed E-state index contributed by atoms with van der Waals surface area (Å²) in [6.07, 6.45) is 2.47. The molecule has 1 aliphatic carbocycles. The lowest BCUT2D eigenvalue weighted by Crippen LogP contribution is -1.91. The molecule has 1 aromatic carbocycles. The van der Waals surface area contributed by atoms with Crippen LogP contribution in [0.3, 0.4) is 0 Å². The molecule has 2 aromatic heterocycles. The molecule has 0 bridgehead atoms. The summed E-state index contributed by atoms with van der Waals surface area (Å²) in [6.45, 7) is 0. The molecule has 0 saturated heterocycles. The third kappa shape index (κ3) is 1.89. The van der Waals surface area contributed by atoms with Gasteiger partial charge in [-0.15, -0.1) is 11.3 Å². The molecule has 0 radical (unpaired) electrons. The Bertz CT molecular complexity index is 817. The normalized spacial score (nSPS) is 14.8. The van der Waals surface area contributed by atoms with Crippen LogP contribution in [0, 0.1) is 0 Å². The molecule has 0 aliphatic heterocycles. The first kappa shape index (κ1) is 11.6. The van der Waals surface area contributed by atoms with E-state index in [0.29, 0.717) is 11.6 Å². The maximum Gasteiger partial charge on any atom is 0.374 e. The summed E-state index contributed by atoms with van der Waals surface area (Å²) in [6, 6.07) is 7.28. The Labute approximate surface area is 117 Å². The van der Waals surface area contributed by atoms with Gasteiger partial charge in [0.25, 0.3) is 0 Å². The molecule has 1 N–H and O–H groups in total. The standard InChI is InChI=1S/C14H10N2O3S/c17-14(18)11-6-9(16-19-11)8-3-4-12-10(5-8)15-13(20-12)7-1-2-7/h3-7H,1-2H2,(H,17,18). The van der Waals surface area contributed by atoms with E-state index < -0.39 is 5.97 Å². The van der Waals surface area contributed by atoms with Crippen LogP contribution in [0.2, 0.25) is 0 Å². The number of carboxylic acid groups (broad SMARTS) is 1. The second kappa shape index (κ2) is 4.14. The van der Waals surface area contributed by atoms with Gasteiger partial charge in [0.1, 0.15) is 5.69 Å². The van der Waals surface area contributed by atoms with Crippen LogP contribution < -0.4 is 0 Å². The van der Waals surface area contributed by atoms with Crippen LogP contribution in [0.1, 0.15) is 34.3 Å². The molecule has 0 unspecified atom stereocenters. The van der Waals surface area contributed by atoms with Crippen LogP contribution in [-0.4, -0.2) is 21.2 Å². The molecule has 4 rings (SSSR count). The topological polar surface area (TPSA) is 76.2 Å². The Morgan fingerprint density at radius 1 is 1.35 bits per heavy atom. The van der Waals surface area contributed by atoms with E-state index in [4.69, 9.17) is 9.63 Å². The highest BCUT2D eigenvalue weighted by Gasteiger charge is 2.27. The zero-order valence-electron chi connectivity index (χ0n) is 10.4. The number of hydrogen-bond acceptors (Lipinski definition) is 5. The van der Waals surface area contributed by atoms with Gasteiger partial charge >= 0.3 is 5.97 Å². The second-order valence-corrected chi connectivity index (χ2v) is 5.95. The number of aromatic nitrogens is 2. The van der Waals surface area contributed by atoms with Crippen molar-refractivity contribution in [1.29, 1.82) is 0 Å². The highest BCUT2D eigenvalue weighted by atomic mass is 32.1. The lowest BCUT2D eigenvalue weighted by atomic mass is 10.1. The highest BCUT2D eigenvalue weighted by molar-refractivity contribution is 7.18. The number of fused-ring (bicyclic) bond motifs is 1. The molecule has 100 valence electrons. The minimum absolute atomic E-state index is 0.156. The molecular weight excluding hydrogens is 276 g/mol. The summed E-state index contributed by atoms with van der Waals surface area (Å²) in [5, 5.41) is 13.8. The molecule has 2 heterocycles. The zero-order valence-corrected chi connectivity index (χ0v) is 11.2. The molecule has 0 spiro atoms. The fourth-order valence-electron chi connectivity index (χ4n) is 2.12. The van der Waals surface area contributed by atoms with Gasteiger partial charge in [-0.25, -0.2) is 9.78 Å². The lowest BCUT2D eigenvalue weighted by molar-refractivity contribution is 0.0652. The maximum atomic E-state index is 10.8. The molecule has 1 aliphatic rings. The number of nitrogens with zero attached hydrogens (tertiary/aromatic N) is 2. The molecule has 6 heteroatoms. The predicted octanol–water partition coefficient (Wildman–Crippen LogP) is 3.53. The number of rotatable bonds is 3. The summed E-state index contributed by atoms with van der Waals surface area (Å²) >= 11 is 1.73. The van der Waals surface area contributed by atoms with E-state index in [0.717, 1.165) is 15.8 Å². The number of thiazole rings is 1. The van der Waals surface area contributed by atoms with Crippen molar-refractivity contribution in [2.45, 2.75) is 18.8 Å². The van der Waals surface area contributed by atoms with Gasteiger partial charge in [-0.2, -0.15) is 0 Å². The first-order valence-electron chi connectivity index (χ1n) is 6.31. The number of carboxylic acids is 1. The fourth-order valence-corrected chi connectivity index (χ4v) is 3.24. The van der Waals surface area contributed by atoms with Crippen LogP contribution in [0.5, 0.6) is 0 Å². The van der Waals surface area contributed by atoms with Gasteiger partial charge in [0.2, 0.25) is 5.76 Å². The Morgan fingerprint density at radius 3 is 2.90 bits per heavy atom. The van der Waals surface area contributed by atoms with Gasteiger partial charge in [-0.1, -0.05) is 11.2 Å². The highest BCUT2D eigenvalue weighted by Crippen LogP contribution is 2.43. The van der Waals surface area contributed by atoms with Crippen molar-refractivity contribution in [1.82, 2.24) is 10.1 Å². The van der Waals surface area contributed by atoms with Gasteiger partial charge in [-0.3, -0.25) is 0 Å². The second-order valence-electron chi connectivity index (χ2n) is 4.89. The number of benzene rings is 1. The first-order chi connectivity index (χ1) is 9.70. The minimum atomic E-state index is -1.12. The average Bonchev–Trinajstić information content (AvgIpc) is 3.02. The van der Waals surface area contributed by atoms with Crippen molar-refractivity contribution >= 4 is 27.5 Å². The summed E-state index contributed by atoms with van der Waals surface area (Å²) in [5.74, 6) is -0.631. The van der Waals surface area contributed by atoms with Crippen molar-refractivity contribution in [2.24, 2.45) is 0 Å². The van der Waals surface area contributed by atoms with Crippen LogP contribution in [0.25, 0.3) is 21.5 Å². The van der Waals surface area contributed by atoms with E-state index in [1.165, 1.54) is 23.9 Å². The largest absolute Gasteiger partial charge is 0.475 e. The third-order valence-corrected chi connectivity index (χ3v) is 4.55. The third-order valence-electron chi connectivity index (χ3n) is 3.35. The van der Waals surface area contributed by atoms with E-state index in [1.54, 1.807) is 11.3 Å². The Morgan fingerprint density at radius 2 is 2.20 bits per heavy atom. The van der Waals surface area contributed by atoms with Crippen LogP contribution >= 0.6 is 11.3 Å². The molecule has 5 nitrogen and oxygen atoms in total. The quantitative estimate of drug-likeness (QED) is 0.797. The molecular formula is C14H10N2O3S. The van der Waals surface area contributed by atoms with E-state index in [1.807, 2.05) is 18.2 Å². The van der Waals surface area contributed by atoms with Crippen molar-refractivity contribution < 1.29 is 14.4 Å². The molecule has 1 fully saturated rings. The van der Waals surface area contributed by atoms with Gasteiger partial charge in [0.15, 0.2) is 0 Å². The Hall–Kier alpha value is -2.21. The predicted molar refractivity (Wildman–Crippen MR) is 74.1 cm³/mol. The summed E-state index contributed by atoms with van der Waals surface area (Å²) in [7, 11) is 0. The van der Waals surface area contributed by atoms with E-state index in [-0.39, 0.29) is 5.76 Å². The number of carbonyl (C=O) groups is 1. The van der Waals surface area contributed by atoms with E-state index in [9.17, 15) is 4.79 Å². The summed E-state index contributed by atoms with van der Waals surface area (Å²) in [5.41, 5.74) is 2.28. The monoisotopic (exact) mass is 286 g/mol. The number of aromatic carboxylic acids is 1. The van der Waals surface area contributed by atoms with Crippen molar-refractivity contribution in [2.75, 3.05) is 0 Å². The molecule has 20 heavy (non-hydrogen) atoms. The SMILES string of the molecule is O=C(O)c1cc(-c2ccc3sc(C4CC4)nc3c2)no1. The van der Waals surface area contributed by atoms with Gasteiger partial charge in [0, 0.05) is 17.5 Å². The lowest BCUT2D eigenvalue weighted by Gasteiger charge is -1.94. The summed E-state index contributed by atoms with van der Waals surface area (Å²) < 4.78 is 5.93. The Kier molecular flexibility index (Phi) is 2.40. The molecule has 0 atom stereocenters. The molecule has 0 amide bonds. The molecule has 3 aromatic rings. The van der Waals surface area contributed by atoms with Crippen molar-refractivity contribution in [3.8, 4) is 11.3 Å². The summed E-state index contributed by atoms with van der Waals surface area (Å²) in [4.78, 5) is 15.4. The smallest absolute Gasteiger partial charge is 0.374 e. The van der Waals surface area contributed by atoms with E-state index >= 15 is 0 Å². The van der Waals surface area contributed by atoms with E-state index in [2.05, 4.69) is 10.1 Å². The average molecular weight is 286 g/mol. The maximum absolute atomic E-state index is 10.8. The van der Waals surface area contributed by atoms with Crippen LogP contribution in [0.15, 0.2) is 28.8 Å². The van der Waals surface area contributed by atoms with Crippen molar-refractivity contribution in [3.05, 3.63) is 35.0 Å². The number of hydrogen-bond donors (Lipinski definition) is 1. The first-order valence-corrected chi connectivity index (χ1v) is 7.13.